The maximum absolute atomic E-state index is 4.12. The summed E-state index contributed by atoms with van der Waals surface area (Å²) in [7, 11) is 2.03. The second-order valence-electron chi connectivity index (χ2n) is 5.75. The van der Waals surface area contributed by atoms with Crippen LogP contribution >= 0.6 is 0 Å². The summed E-state index contributed by atoms with van der Waals surface area (Å²) in [5.74, 6) is 0. The van der Waals surface area contributed by atoms with E-state index in [1.165, 1.54) is 5.69 Å². The highest BCUT2D eigenvalue weighted by molar-refractivity contribution is 5.18. The Hall–Kier alpha value is -0.830. The monoisotopic (exact) mass is 207 g/mol. The Morgan fingerprint density at radius 3 is 2.33 bits per heavy atom. The van der Waals surface area contributed by atoms with E-state index in [4.69, 9.17) is 0 Å². The van der Waals surface area contributed by atoms with E-state index in [2.05, 4.69) is 42.6 Å². The number of aromatic nitrogens is 2. The molecule has 3 nitrogen and oxygen atoms in total. The van der Waals surface area contributed by atoms with Gasteiger partial charge in [0.25, 0.3) is 0 Å². The van der Waals surface area contributed by atoms with Crippen molar-refractivity contribution in [1.82, 2.24) is 14.9 Å². The molecule has 84 valence electrons. The average molecular weight is 207 g/mol. The fraction of sp³-hybridized carbons (Fsp3) is 0.750. The summed E-state index contributed by atoms with van der Waals surface area (Å²) in [4.78, 5) is 4.12. The van der Waals surface area contributed by atoms with Crippen LogP contribution in [0.1, 0.15) is 33.4 Å². The van der Waals surface area contributed by atoms with Crippen molar-refractivity contribution in [3.63, 3.8) is 0 Å². The molecule has 15 heavy (non-hydrogen) atoms. The van der Waals surface area contributed by atoms with Crippen molar-refractivity contribution >= 4 is 0 Å². The van der Waals surface area contributed by atoms with Gasteiger partial charge in [-0.25, -0.2) is 4.98 Å². The third-order valence-electron chi connectivity index (χ3n) is 4.42. The normalized spacial score (nSPS) is 23.0. The van der Waals surface area contributed by atoms with Crippen molar-refractivity contribution in [2.45, 2.75) is 40.3 Å². The predicted molar refractivity (Wildman–Crippen MR) is 61.4 cm³/mol. The Morgan fingerprint density at radius 2 is 1.93 bits per heavy atom. The average Bonchev–Trinajstić information content (AvgIpc) is 2.49. The number of rotatable bonds is 3. The molecular formula is C12H21N3. The van der Waals surface area contributed by atoms with Gasteiger partial charge in [0.05, 0.1) is 12.0 Å². The Balaban J connectivity index is 1.94. The molecule has 0 aromatic carbocycles. The summed E-state index contributed by atoms with van der Waals surface area (Å²) < 4.78 is 2.06. The van der Waals surface area contributed by atoms with Gasteiger partial charge in [0.15, 0.2) is 0 Å². The number of hydrogen-bond donors (Lipinski definition) is 1. The van der Waals surface area contributed by atoms with Crippen LogP contribution in [0.3, 0.4) is 0 Å². The molecule has 2 rings (SSSR count). The van der Waals surface area contributed by atoms with Crippen LogP contribution in [0, 0.1) is 10.8 Å². The van der Waals surface area contributed by atoms with Crippen LogP contribution in [0.15, 0.2) is 12.5 Å². The molecule has 1 aromatic heterocycles. The van der Waals surface area contributed by atoms with Gasteiger partial charge in [0, 0.05) is 25.8 Å². The number of aryl methyl sites for hydroxylation is 1. The second kappa shape index (κ2) is 3.08. The minimum absolute atomic E-state index is 0.408. The molecule has 0 radical (unpaired) electrons. The summed E-state index contributed by atoms with van der Waals surface area (Å²) in [6, 6.07) is 0.611. The van der Waals surface area contributed by atoms with E-state index in [0.29, 0.717) is 16.9 Å². The van der Waals surface area contributed by atoms with E-state index in [1.54, 1.807) is 0 Å². The first-order valence-corrected chi connectivity index (χ1v) is 5.56. The van der Waals surface area contributed by atoms with Crippen LogP contribution in [-0.4, -0.2) is 15.6 Å². The molecule has 1 aliphatic carbocycles. The Morgan fingerprint density at radius 1 is 1.33 bits per heavy atom. The summed E-state index contributed by atoms with van der Waals surface area (Å²) in [5, 5.41) is 3.62. The standard InChI is InChI=1S/C12H21N3/c1-11(2)10(12(11,3)4)14-7-9-6-13-8-15(9)5/h6,8,10,14H,7H2,1-5H3. The molecule has 3 heteroatoms. The molecule has 1 heterocycles. The molecule has 0 bridgehead atoms. The lowest BCUT2D eigenvalue weighted by molar-refractivity contribution is 0.457. The molecular weight excluding hydrogens is 186 g/mol. The predicted octanol–water partition coefficient (Wildman–Crippen LogP) is 1.94. The number of nitrogens with zero attached hydrogens (tertiary/aromatic N) is 2. The lowest BCUT2D eigenvalue weighted by atomic mass is 10.0. The third-order valence-corrected chi connectivity index (χ3v) is 4.42. The fourth-order valence-corrected chi connectivity index (χ4v) is 2.47. The van der Waals surface area contributed by atoms with Gasteiger partial charge in [0.1, 0.15) is 0 Å². The van der Waals surface area contributed by atoms with E-state index in [9.17, 15) is 0 Å². The largest absolute Gasteiger partial charge is 0.337 e. The van der Waals surface area contributed by atoms with Crippen molar-refractivity contribution in [1.29, 1.82) is 0 Å². The van der Waals surface area contributed by atoms with Gasteiger partial charge >= 0.3 is 0 Å². The van der Waals surface area contributed by atoms with Gasteiger partial charge in [-0.15, -0.1) is 0 Å². The van der Waals surface area contributed by atoms with Crippen molar-refractivity contribution < 1.29 is 0 Å². The van der Waals surface area contributed by atoms with E-state index in [-0.39, 0.29) is 0 Å². The number of nitrogens with one attached hydrogen (secondary N) is 1. The van der Waals surface area contributed by atoms with E-state index in [1.807, 2.05) is 19.6 Å². The zero-order chi connectivity index (χ0) is 11.3. The summed E-state index contributed by atoms with van der Waals surface area (Å²) >= 11 is 0. The third kappa shape index (κ3) is 1.49. The molecule has 1 fully saturated rings. The SMILES string of the molecule is Cn1cncc1CNC1C(C)(C)C1(C)C. The van der Waals surface area contributed by atoms with Crippen LogP contribution in [0.2, 0.25) is 0 Å². The van der Waals surface area contributed by atoms with Gasteiger partial charge in [0.2, 0.25) is 0 Å². The van der Waals surface area contributed by atoms with Crippen LogP contribution in [0.4, 0.5) is 0 Å². The Kier molecular flexibility index (Phi) is 2.19. The quantitative estimate of drug-likeness (QED) is 0.821. The Labute approximate surface area is 91.9 Å². The highest BCUT2D eigenvalue weighted by atomic mass is 15.1. The molecule has 0 amide bonds. The van der Waals surface area contributed by atoms with Gasteiger partial charge in [-0.05, 0) is 10.8 Å². The molecule has 0 atom stereocenters. The van der Waals surface area contributed by atoms with Crippen LogP contribution in [0.5, 0.6) is 0 Å². The van der Waals surface area contributed by atoms with Crippen molar-refractivity contribution in [2.24, 2.45) is 17.9 Å². The molecule has 1 N–H and O–H groups in total. The van der Waals surface area contributed by atoms with Gasteiger partial charge in [-0.1, -0.05) is 27.7 Å². The van der Waals surface area contributed by atoms with Gasteiger partial charge < -0.3 is 9.88 Å². The molecule has 0 aliphatic heterocycles. The summed E-state index contributed by atoms with van der Waals surface area (Å²) in [6.45, 7) is 10.2. The second-order valence-corrected chi connectivity index (χ2v) is 5.75. The van der Waals surface area contributed by atoms with Gasteiger partial charge in [-0.2, -0.15) is 0 Å². The first-order valence-electron chi connectivity index (χ1n) is 5.56. The minimum atomic E-state index is 0.408. The van der Waals surface area contributed by atoms with Crippen molar-refractivity contribution in [3.05, 3.63) is 18.2 Å². The number of hydrogen-bond acceptors (Lipinski definition) is 2. The smallest absolute Gasteiger partial charge is 0.0945 e. The maximum atomic E-state index is 4.12. The van der Waals surface area contributed by atoms with Gasteiger partial charge in [-0.3, -0.25) is 0 Å². The topological polar surface area (TPSA) is 29.9 Å². The fourth-order valence-electron chi connectivity index (χ4n) is 2.47. The zero-order valence-corrected chi connectivity index (χ0v) is 10.3. The number of imidazole rings is 1. The minimum Gasteiger partial charge on any atom is -0.337 e. The highest BCUT2D eigenvalue weighted by Gasteiger charge is 2.64. The molecule has 1 aliphatic rings. The van der Waals surface area contributed by atoms with Crippen molar-refractivity contribution in [3.8, 4) is 0 Å². The first kappa shape index (κ1) is 10.7. The van der Waals surface area contributed by atoms with E-state index in [0.717, 1.165) is 6.54 Å². The first-order chi connectivity index (χ1) is 6.87. The van der Waals surface area contributed by atoms with Crippen LogP contribution in [0.25, 0.3) is 0 Å². The maximum Gasteiger partial charge on any atom is 0.0945 e. The Bertz CT molecular complexity index is 349. The molecule has 0 saturated heterocycles. The summed E-state index contributed by atoms with van der Waals surface area (Å²) in [5.41, 5.74) is 2.06. The zero-order valence-electron chi connectivity index (χ0n) is 10.3. The lowest BCUT2D eigenvalue weighted by Crippen LogP contribution is -2.22. The molecule has 1 aromatic rings. The molecule has 0 unspecified atom stereocenters. The van der Waals surface area contributed by atoms with Crippen molar-refractivity contribution in [2.75, 3.05) is 0 Å². The highest BCUT2D eigenvalue weighted by Crippen LogP contribution is 2.62. The van der Waals surface area contributed by atoms with Crippen LogP contribution < -0.4 is 5.32 Å². The molecule has 1 saturated carbocycles. The van der Waals surface area contributed by atoms with E-state index < -0.39 is 0 Å². The van der Waals surface area contributed by atoms with Crippen LogP contribution in [-0.2, 0) is 13.6 Å². The summed E-state index contributed by atoms with van der Waals surface area (Å²) in [6.07, 6.45) is 3.77. The molecule has 0 spiro atoms. The van der Waals surface area contributed by atoms with E-state index >= 15 is 0 Å². The lowest BCUT2D eigenvalue weighted by Gasteiger charge is -2.06.